The lowest BCUT2D eigenvalue weighted by Gasteiger charge is -2.11. The van der Waals surface area contributed by atoms with Crippen molar-refractivity contribution in [2.45, 2.75) is 32.3 Å². The van der Waals surface area contributed by atoms with E-state index in [4.69, 9.17) is 10.5 Å². The van der Waals surface area contributed by atoms with Gasteiger partial charge in [0.25, 0.3) is 0 Å². The second-order valence-corrected chi connectivity index (χ2v) is 3.87. The Balaban J connectivity index is 2.44. The minimum Gasteiger partial charge on any atom is -0.380 e. The molecule has 96 valence electrons. The van der Waals surface area contributed by atoms with Crippen molar-refractivity contribution in [2.75, 3.05) is 19.0 Å². The fourth-order valence-corrected chi connectivity index (χ4v) is 1.49. The minimum atomic E-state index is -0.246. The van der Waals surface area contributed by atoms with Crippen LogP contribution in [-0.4, -0.2) is 35.9 Å². The van der Waals surface area contributed by atoms with E-state index in [0.29, 0.717) is 12.4 Å². The average molecular weight is 240 g/mol. The molecule has 0 radical (unpaired) electrons. The summed E-state index contributed by atoms with van der Waals surface area (Å²) in [6, 6.07) is 1.84. The van der Waals surface area contributed by atoms with Crippen LogP contribution in [0.4, 0.5) is 5.82 Å². The number of aromatic amines is 1. The Morgan fingerprint density at radius 3 is 3.06 bits per heavy atom. The van der Waals surface area contributed by atoms with Crippen LogP contribution in [0.3, 0.4) is 0 Å². The Kier molecular flexibility index (Phi) is 5.65. The maximum atomic E-state index is 11.6. The van der Waals surface area contributed by atoms with Gasteiger partial charge in [0.15, 0.2) is 5.82 Å². The van der Waals surface area contributed by atoms with Gasteiger partial charge in [-0.2, -0.15) is 5.10 Å². The largest absolute Gasteiger partial charge is 0.380 e. The first kappa shape index (κ1) is 13.7. The molecule has 0 fully saturated rings. The summed E-state index contributed by atoms with van der Waals surface area (Å²) in [5.74, 6) is 0.405. The third-order valence-corrected chi connectivity index (χ3v) is 2.43. The van der Waals surface area contributed by atoms with Gasteiger partial charge in [0.05, 0.1) is 12.5 Å². The molecule has 1 heterocycles. The van der Waals surface area contributed by atoms with E-state index >= 15 is 0 Å². The first-order chi connectivity index (χ1) is 8.19. The summed E-state index contributed by atoms with van der Waals surface area (Å²) in [5, 5.41) is 9.58. The normalized spacial score (nSPS) is 12.4. The summed E-state index contributed by atoms with van der Waals surface area (Å²) in [4.78, 5) is 11.6. The van der Waals surface area contributed by atoms with Gasteiger partial charge in [0, 0.05) is 25.4 Å². The van der Waals surface area contributed by atoms with Crippen molar-refractivity contribution in [3.63, 3.8) is 0 Å². The molecule has 4 N–H and O–H groups in total. The van der Waals surface area contributed by atoms with Crippen LogP contribution >= 0.6 is 0 Å². The van der Waals surface area contributed by atoms with Gasteiger partial charge < -0.3 is 15.8 Å². The molecule has 0 saturated carbocycles. The molecule has 1 aromatic rings. The second-order valence-electron chi connectivity index (χ2n) is 3.87. The van der Waals surface area contributed by atoms with Crippen LogP contribution in [0.15, 0.2) is 6.07 Å². The van der Waals surface area contributed by atoms with Gasteiger partial charge >= 0.3 is 0 Å². The highest BCUT2D eigenvalue weighted by Crippen LogP contribution is 2.08. The number of hydrogen-bond donors (Lipinski definition) is 3. The van der Waals surface area contributed by atoms with Gasteiger partial charge in [-0.3, -0.25) is 9.89 Å². The minimum absolute atomic E-state index is 0.142. The number of carbonyl (C=O) groups is 1. The molecule has 6 nitrogen and oxygen atoms in total. The number of carbonyl (C=O) groups excluding carboxylic acids is 1. The Hall–Kier alpha value is -1.40. The lowest BCUT2D eigenvalue weighted by molar-refractivity contribution is -0.118. The number of aromatic nitrogens is 2. The molecular weight excluding hydrogens is 220 g/mol. The zero-order valence-corrected chi connectivity index (χ0v) is 10.3. The predicted molar refractivity (Wildman–Crippen MR) is 65.7 cm³/mol. The van der Waals surface area contributed by atoms with E-state index in [2.05, 4.69) is 22.4 Å². The third-order valence-electron chi connectivity index (χ3n) is 2.43. The summed E-state index contributed by atoms with van der Waals surface area (Å²) in [6.07, 6.45) is 1.95. The van der Waals surface area contributed by atoms with E-state index in [1.165, 1.54) is 0 Å². The zero-order valence-electron chi connectivity index (χ0n) is 10.3. The molecule has 0 aromatic carbocycles. The average Bonchev–Trinajstić information content (AvgIpc) is 2.74. The van der Waals surface area contributed by atoms with Crippen LogP contribution in [-0.2, 0) is 16.0 Å². The van der Waals surface area contributed by atoms with Crippen LogP contribution in [0.1, 0.15) is 25.5 Å². The maximum absolute atomic E-state index is 11.6. The number of nitrogens with one attached hydrogen (secondary N) is 2. The Morgan fingerprint density at radius 2 is 2.47 bits per heavy atom. The molecule has 1 unspecified atom stereocenters. The molecule has 0 spiro atoms. The van der Waals surface area contributed by atoms with Crippen molar-refractivity contribution in [3.8, 4) is 0 Å². The van der Waals surface area contributed by atoms with E-state index in [9.17, 15) is 4.79 Å². The standard InChI is InChI=1S/C11H20N4O2/c1-3-4-8-5-10(15-14-8)13-11(16)6-9(7-12)17-2/h5,9H,3-4,6-7,12H2,1-2H3,(H2,13,14,15,16). The molecule has 0 bridgehead atoms. The molecule has 1 aromatic heterocycles. The van der Waals surface area contributed by atoms with Crippen LogP contribution in [0.2, 0.25) is 0 Å². The van der Waals surface area contributed by atoms with Gasteiger partial charge in [0.2, 0.25) is 5.91 Å². The summed E-state index contributed by atoms with van der Waals surface area (Å²) in [6.45, 7) is 2.41. The van der Waals surface area contributed by atoms with Crippen molar-refractivity contribution in [1.82, 2.24) is 10.2 Å². The number of methoxy groups -OCH3 is 1. The van der Waals surface area contributed by atoms with Crippen LogP contribution in [0.25, 0.3) is 0 Å². The maximum Gasteiger partial charge on any atom is 0.228 e. The van der Waals surface area contributed by atoms with Crippen LogP contribution < -0.4 is 11.1 Å². The second kappa shape index (κ2) is 7.03. The molecule has 0 aliphatic heterocycles. The molecule has 0 aliphatic carbocycles. The number of anilines is 1. The van der Waals surface area contributed by atoms with Crippen LogP contribution in [0, 0.1) is 0 Å². The van der Waals surface area contributed by atoms with Crippen molar-refractivity contribution >= 4 is 11.7 Å². The molecule has 1 rings (SSSR count). The van der Waals surface area contributed by atoms with E-state index in [-0.39, 0.29) is 18.4 Å². The van der Waals surface area contributed by atoms with Gasteiger partial charge in [-0.05, 0) is 6.42 Å². The summed E-state index contributed by atoms with van der Waals surface area (Å²) in [7, 11) is 1.54. The fourth-order valence-electron chi connectivity index (χ4n) is 1.49. The van der Waals surface area contributed by atoms with Crippen molar-refractivity contribution in [1.29, 1.82) is 0 Å². The number of hydrogen-bond acceptors (Lipinski definition) is 4. The summed E-state index contributed by atoms with van der Waals surface area (Å²) in [5.41, 5.74) is 6.46. The smallest absolute Gasteiger partial charge is 0.228 e. The van der Waals surface area contributed by atoms with Crippen molar-refractivity contribution < 1.29 is 9.53 Å². The van der Waals surface area contributed by atoms with Gasteiger partial charge in [-0.1, -0.05) is 13.3 Å². The molecule has 0 aliphatic rings. The van der Waals surface area contributed by atoms with E-state index in [1.54, 1.807) is 7.11 Å². The lowest BCUT2D eigenvalue weighted by atomic mass is 10.2. The quantitative estimate of drug-likeness (QED) is 0.653. The van der Waals surface area contributed by atoms with Gasteiger partial charge in [-0.15, -0.1) is 0 Å². The molecule has 1 atom stereocenters. The number of H-pyrrole nitrogens is 1. The highest BCUT2D eigenvalue weighted by atomic mass is 16.5. The van der Waals surface area contributed by atoms with Crippen LogP contribution in [0.5, 0.6) is 0 Å². The number of rotatable bonds is 7. The first-order valence-electron chi connectivity index (χ1n) is 5.76. The zero-order chi connectivity index (χ0) is 12.7. The Bertz CT molecular complexity index is 347. The van der Waals surface area contributed by atoms with Gasteiger partial charge in [-0.25, -0.2) is 0 Å². The van der Waals surface area contributed by atoms with Gasteiger partial charge in [0.1, 0.15) is 0 Å². The number of aryl methyl sites for hydroxylation is 1. The predicted octanol–water partition coefficient (Wildman–Crippen LogP) is 0.664. The highest BCUT2D eigenvalue weighted by molar-refractivity contribution is 5.90. The van der Waals surface area contributed by atoms with E-state index < -0.39 is 0 Å². The number of ether oxygens (including phenoxy) is 1. The fraction of sp³-hybridized carbons (Fsp3) is 0.636. The van der Waals surface area contributed by atoms with E-state index in [1.807, 2.05) is 6.07 Å². The third kappa shape index (κ3) is 4.54. The first-order valence-corrected chi connectivity index (χ1v) is 5.76. The van der Waals surface area contributed by atoms with Crippen molar-refractivity contribution in [2.24, 2.45) is 5.73 Å². The van der Waals surface area contributed by atoms with E-state index in [0.717, 1.165) is 18.5 Å². The van der Waals surface area contributed by atoms with Crippen molar-refractivity contribution in [3.05, 3.63) is 11.8 Å². The highest BCUT2D eigenvalue weighted by Gasteiger charge is 2.12. The SMILES string of the molecule is CCCc1cc(NC(=O)CC(CN)OC)n[nH]1. The number of nitrogens with two attached hydrogens (primary N) is 1. The Morgan fingerprint density at radius 1 is 1.71 bits per heavy atom. The molecule has 17 heavy (non-hydrogen) atoms. The number of nitrogens with zero attached hydrogens (tertiary/aromatic N) is 1. The number of amides is 1. The molecule has 1 amide bonds. The summed E-state index contributed by atoms with van der Waals surface area (Å²) >= 11 is 0. The monoisotopic (exact) mass is 240 g/mol. The Labute approximate surface area is 101 Å². The molecule has 0 saturated heterocycles. The molecular formula is C11H20N4O2. The lowest BCUT2D eigenvalue weighted by Crippen LogP contribution is -2.28. The topological polar surface area (TPSA) is 93.0 Å². The molecule has 6 heteroatoms. The summed E-state index contributed by atoms with van der Waals surface area (Å²) < 4.78 is 5.04.